The zero-order chi connectivity index (χ0) is 25.3. The molecule has 5 rings (SSSR count). The number of hydrogen-bond donors (Lipinski definition) is 0. The maximum atomic E-state index is 13.4. The molecule has 1 unspecified atom stereocenters. The van der Waals surface area contributed by atoms with Gasteiger partial charge in [-0.05, 0) is 70.4 Å². The third-order valence-corrected chi connectivity index (χ3v) is 8.49. The van der Waals surface area contributed by atoms with Gasteiger partial charge in [0.2, 0.25) is 10.0 Å². The summed E-state index contributed by atoms with van der Waals surface area (Å²) in [6.07, 6.45) is 3.99. The molecule has 0 radical (unpaired) electrons. The van der Waals surface area contributed by atoms with Crippen molar-refractivity contribution in [3.8, 4) is 11.1 Å². The van der Waals surface area contributed by atoms with Crippen LogP contribution in [0.3, 0.4) is 0 Å². The molecule has 2 heterocycles. The molecule has 1 aliphatic heterocycles. The van der Waals surface area contributed by atoms with E-state index in [2.05, 4.69) is 4.98 Å². The molecule has 7 nitrogen and oxygen atoms in total. The summed E-state index contributed by atoms with van der Waals surface area (Å²) < 4.78 is 28.0. The fraction of sp³-hybridized carbons (Fsp3) is 0.148. The van der Waals surface area contributed by atoms with Crippen LogP contribution in [0.4, 0.5) is 0 Å². The largest absolute Gasteiger partial charge is 0.335 e. The standard InChI is InChI=1S/C27H22ClN3O4S/c28-24-7-5-23-16-26(8-6-22(23)15-24)36(34,35)31-14-13-30(17-25(31)18-32)27(33)21-3-1-19(2-4-21)20-9-11-29-12-10-20/h1-12,15-16,18,25H,13-14,17H2. The van der Waals surface area contributed by atoms with Crippen molar-refractivity contribution in [1.82, 2.24) is 14.2 Å². The molecule has 0 bridgehead atoms. The molecule has 9 heteroatoms. The van der Waals surface area contributed by atoms with Gasteiger partial charge < -0.3 is 9.69 Å². The van der Waals surface area contributed by atoms with E-state index >= 15 is 0 Å². The molecular weight excluding hydrogens is 498 g/mol. The van der Waals surface area contributed by atoms with E-state index in [0.29, 0.717) is 16.9 Å². The summed E-state index contributed by atoms with van der Waals surface area (Å²) in [7, 11) is -3.95. The van der Waals surface area contributed by atoms with Crippen LogP contribution in [-0.2, 0) is 14.8 Å². The van der Waals surface area contributed by atoms with Crippen molar-refractivity contribution in [3.05, 3.63) is 95.8 Å². The Bertz CT molecular complexity index is 1540. The maximum absolute atomic E-state index is 13.4. The monoisotopic (exact) mass is 519 g/mol. The first-order chi connectivity index (χ1) is 17.4. The van der Waals surface area contributed by atoms with E-state index in [4.69, 9.17) is 11.6 Å². The molecule has 3 aromatic carbocycles. The van der Waals surface area contributed by atoms with Crippen LogP contribution in [0.5, 0.6) is 0 Å². The molecule has 4 aromatic rings. The normalized spacial score (nSPS) is 16.7. The number of nitrogens with zero attached hydrogens (tertiary/aromatic N) is 3. The van der Waals surface area contributed by atoms with Crippen LogP contribution in [0, 0.1) is 0 Å². The van der Waals surface area contributed by atoms with Gasteiger partial charge in [0, 0.05) is 42.6 Å². The van der Waals surface area contributed by atoms with Crippen LogP contribution < -0.4 is 0 Å². The molecule has 1 fully saturated rings. The first-order valence-corrected chi connectivity index (χ1v) is 13.1. The molecule has 0 spiro atoms. The number of carbonyl (C=O) groups is 2. The van der Waals surface area contributed by atoms with Crippen molar-refractivity contribution in [3.63, 3.8) is 0 Å². The van der Waals surface area contributed by atoms with E-state index < -0.39 is 16.1 Å². The minimum atomic E-state index is -3.95. The summed E-state index contributed by atoms with van der Waals surface area (Å²) in [5.74, 6) is -0.247. The molecule has 1 amide bonds. The fourth-order valence-electron chi connectivity index (χ4n) is 4.41. The molecule has 1 aromatic heterocycles. The van der Waals surface area contributed by atoms with Gasteiger partial charge in [-0.2, -0.15) is 4.31 Å². The Labute approximate surface area is 214 Å². The second-order valence-electron chi connectivity index (χ2n) is 8.54. The Hall–Kier alpha value is -3.59. The third kappa shape index (κ3) is 4.63. The number of pyridine rings is 1. The van der Waals surface area contributed by atoms with Crippen molar-refractivity contribution in [2.45, 2.75) is 10.9 Å². The number of amides is 1. The van der Waals surface area contributed by atoms with E-state index in [1.54, 1.807) is 54.9 Å². The lowest BCUT2D eigenvalue weighted by molar-refractivity contribution is -0.112. The van der Waals surface area contributed by atoms with Crippen LogP contribution >= 0.6 is 11.6 Å². The van der Waals surface area contributed by atoms with Gasteiger partial charge in [-0.25, -0.2) is 8.42 Å². The minimum Gasteiger partial charge on any atom is -0.335 e. The molecule has 1 atom stereocenters. The summed E-state index contributed by atoms with van der Waals surface area (Å²) in [4.78, 5) is 30.7. The highest BCUT2D eigenvalue weighted by Gasteiger charge is 2.37. The molecule has 1 saturated heterocycles. The van der Waals surface area contributed by atoms with Crippen LogP contribution in [0.2, 0.25) is 5.02 Å². The Kier molecular flexibility index (Phi) is 6.57. The van der Waals surface area contributed by atoms with Gasteiger partial charge in [0.15, 0.2) is 0 Å². The average molecular weight is 520 g/mol. The second-order valence-corrected chi connectivity index (χ2v) is 10.9. The highest BCUT2D eigenvalue weighted by atomic mass is 35.5. The number of benzene rings is 3. The zero-order valence-corrected chi connectivity index (χ0v) is 20.7. The predicted octanol–water partition coefficient (Wildman–Crippen LogP) is 4.27. The number of sulfonamides is 1. The van der Waals surface area contributed by atoms with Gasteiger partial charge in [0.25, 0.3) is 5.91 Å². The SMILES string of the molecule is O=CC1CN(C(=O)c2ccc(-c3ccncc3)cc2)CCN1S(=O)(=O)c1ccc2cc(Cl)ccc2c1. The maximum Gasteiger partial charge on any atom is 0.253 e. The topological polar surface area (TPSA) is 87.7 Å². The average Bonchev–Trinajstić information content (AvgIpc) is 2.92. The molecule has 182 valence electrons. The smallest absolute Gasteiger partial charge is 0.253 e. The van der Waals surface area contributed by atoms with E-state index in [9.17, 15) is 18.0 Å². The highest BCUT2D eigenvalue weighted by Crippen LogP contribution is 2.27. The van der Waals surface area contributed by atoms with E-state index in [1.807, 2.05) is 24.3 Å². The lowest BCUT2D eigenvalue weighted by atomic mass is 10.0. The van der Waals surface area contributed by atoms with Gasteiger partial charge in [0.1, 0.15) is 6.29 Å². The Morgan fingerprint density at radius 3 is 2.28 bits per heavy atom. The Morgan fingerprint density at radius 2 is 1.56 bits per heavy atom. The quantitative estimate of drug-likeness (QED) is 0.367. The Morgan fingerprint density at radius 1 is 0.889 bits per heavy atom. The van der Waals surface area contributed by atoms with Crippen molar-refractivity contribution in [1.29, 1.82) is 0 Å². The lowest BCUT2D eigenvalue weighted by Gasteiger charge is -2.38. The van der Waals surface area contributed by atoms with E-state index in [0.717, 1.165) is 21.9 Å². The summed E-state index contributed by atoms with van der Waals surface area (Å²) in [5, 5.41) is 2.11. The fourth-order valence-corrected chi connectivity index (χ4v) is 6.17. The summed E-state index contributed by atoms with van der Waals surface area (Å²) in [5.41, 5.74) is 2.41. The van der Waals surface area contributed by atoms with Crippen LogP contribution in [0.25, 0.3) is 21.9 Å². The first-order valence-electron chi connectivity index (χ1n) is 11.3. The molecule has 0 N–H and O–H groups in total. The molecular formula is C27H22ClN3O4S. The highest BCUT2D eigenvalue weighted by molar-refractivity contribution is 7.89. The van der Waals surface area contributed by atoms with Crippen molar-refractivity contribution in [2.24, 2.45) is 0 Å². The van der Waals surface area contributed by atoms with Crippen LogP contribution in [0.15, 0.2) is 90.1 Å². The number of fused-ring (bicyclic) bond motifs is 1. The zero-order valence-electron chi connectivity index (χ0n) is 19.1. The van der Waals surface area contributed by atoms with Gasteiger partial charge in [-0.3, -0.25) is 9.78 Å². The van der Waals surface area contributed by atoms with Crippen molar-refractivity contribution < 1.29 is 18.0 Å². The lowest BCUT2D eigenvalue weighted by Crippen LogP contribution is -2.57. The summed E-state index contributed by atoms with van der Waals surface area (Å²) in [6.45, 7) is 0.180. The van der Waals surface area contributed by atoms with Gasteiger partial charge in [0.05, 0.1) is 10.9 Å². The number of aromatic nitrogens is 1. The molecule has 0 aliphatic carbocycles. The number of hydrogen-bond acceptors (Lipinski definition) is 5. The Balaban J connectivity index is 1.34. The number of rotatable bonds is 5. The third-order valence-electron chi connectivity index (χ3n) is 6.34. The van der Waals surface area contributed by atoms with Gasteiger partial charge in [-0.1, -0.05) is 35.9 Å². The minimum absolute atomic E-state index is 0.0170. The van der Waals surface area contributed by atoms with Gasteiger partial charge >= 0.3 is 0 Å². The molecule has 36 heavy (non-hydrogen) atoms. The van der Waals surface area contributed by atoms with E-state index in [1.165, 1.54) is 15.3 Å². The van der Waals surface area contributed by atoms with Crippen molar-refractivity contribution in [2.75, 3.05) is 19.6 Å². The number of piperazine rings is 1. The summed E-state index contributed by atoms with van der Waals surface area (Å²) in [6, 6.07) is 20.0. The number of carbonyl (C=O) groups excluding carboxylic acids is 2. The number of halogens is 1. The van der Waals surface area contributed by atoms with Crippen molar-refractivity contribution >= 4 is 44.6 Å². The number of aldehydes is 1. The molecule has 0 saturated carbocycles. The predicted molar refractivity (Wildman–Crippen MR) is 138 cm³/mol. The van der Waals surface area contributed by atoms with Gasteiger partial charge in [-0.15, -0.1) is 0 Å². The first kappa shape index (κ1) is 24.1. The van der Waals surface area contributed by atoms with Crippen LogP contribution in [-0.4, -0.2) is 60.5 Å². The second kappa shape index (κ2) is 9.81. The summed E-state index contributed by atoms with van der Waals surface area (Å²) >= 11 is 6.03. The van der Waals surface area contributed by atoms with Crippen LogP contribution in [0.1, 0.15) is 10.4 Å². The molecule has 1 aliphatic rings. The van der Waals surface area contributed by atoms with E-state index in [-0.39, 0.29) is 30.4 Å².